The number of urea groups is 1. The Morgan fingerprint density at radius 2 is 2.09 bits per heavy atom. The fourth-order valence-corrected chi connectivity index (χ4v) is 3.66. The lowest BCUT2D eigenvalue weighted by atomic mass is 9.96. The van der Waals surface area contributed by atoms with Crippen molar-refractivity contribution in [2.75, 3.05) is 0 Å². The van der Waals surface area contributed by atoms with Crippen molar-refractivity contribution in [3.05, 3.63) is 52.5 Å². The van der Waals surface area contributed by atoms with Crippen LogP contribution in [-0.2, 0) is 13.1 Å². The molecule has 1 saturated carbocycles. The number of carbonyl (C=O) groups is 1. The molecular formula is C18H23N3OS. The Morgan fingerprint density at radius 3 is 2.78 bits per heavy atom. The zero-order valence-corrected chi connectivity index (χ0v) is 14.1. The molecule has 0 aliphatic heterocycles. The number of pyridine rings is 1. The van der Waals surface area contributed by atoms with Gasteiger partial charge in [0.1, 0.15) is 0 Å². The zero-order chi connectivity index (χ0) is 15.9. The summed E-state index contributed by atoms with van der Waals surface area (Å²) in [6.07, 6.45) is 7.70. The van der Waals surface area contributed by atoms with Gasteiger partial charge in [0.25, 0.3) is 0 Å². The number of hydrogen-bond donors (Lipinski definition) is 1. The van der Waals surface area contributed by atoms with E-state index in [0.29, 0.717) is 19.1 Å². The fourth-order valence-electron chi connectivity index (χ4n) is 3.00. The molecule has 0 saturated heterocycles. The van der Waals surface area contributed by atoms with E-state index in [4.69, 9.17) is 0 Å². The van der Waals surface area contributed by atoms with Gasteiger partial charge in [0.2, 0.25) is 0 Å². The largest absolute Gasteiger partial charge is 0.335 e. The molecule has 0 radical (unpaired) electrons. The van der Waals surface area contributed by atoms with Crippen LogP contribution in [0.5, 0.6) is 0 Å². The van der Waals surface area contributed by atoms with E-state index in [-0.39, 0.29) is 6.03 Å². The van der Waals surface area contributed by atoms with Crippen LogP contribution in [0.1, 0.15) is 43.4 Å². The van der Waals surface area contributed by atoms with Crippen molar-refractivity contribution < 1.29 is 4.79 Å². The quantitative estimate of drug-likeness (QED) is 0.894. The van der Waals surface area contributed by atoms with E-state index >= 15 is 0 Å². The van der Waals surface area contributed by atoms with Gasteiger partial charge in [-0.1, -0.05) is 25.3 Å². The van der Waals surface area contributed by atoms with Crippen molar-refractivity contribution >= 4 is 17.4 Å². The van der Waals surface area contributed by atoms with Gasteiger partial charge >= 0.3 is 6.03 Å². The molecule has 1 fully saturated rings. The third-order valence-electron chi connectivity index (χ3n) is 4.25. The van der Waals surface area contributed by atoms with Crippen LogP contribution in [0.15, 0.2) is 41.2 Å². The minimum absolute atomic E-state index is 0.0220. The molecule has 2 aromatic heterocycles. The van der Waals surface area contributed by atoms with Crippen LogP contribution in [0.25, 0.3) is 0 Å². The fraction of sp³-hybridized carbons (Fsp3) is 0.444. The van der Waals surface area contributed by atoms with E-state index in [1.807, 2.05) is 28.5 Å². The van der Waals surface area contributed by atoms with E-state index in [1.165, 1.54) is 24.8 Å². The lowest BCUT2D eigenvalue weighted by Crippen LogP contribution is -2.44. The van der Waals surface area contributed by atoms with Gasteiger partial charge in [0, 0.05) is 18.8 Å². The summed E-state index contributed by atoms with van der Waals surface area (Å²) >= 11 is 1.66. The standard InChI is InChI=1S/C18H23N3OS/c22-18(20-16-6-2-1-3-7-16)21(12-15-9-11-23-14-15)13-17-8-4-5-10-19-17/h4-5,8-11,14,16H,1-3,6-7,12-13H2,(H,20,22). The number of amides is 2. The molecule has 4 nitrogen and oxygen atoms in total. The number of aromatic nitrogens is 1. The first-order valence-corrected chi connectivity index (χ1v) is 9.22. The molecule has 122 valence electrons. The second-order valence-corrected chi connectivity index (χ2v) is 6.87. The number of rotatable bonds is 5. The third-order valence-corrected chi connectivity index (χ3v) is 4.98. The van der Waals surface area contributed by atoms with Crippen LogP contribution in [0.2, 0.25) is 0 Å². The van der Waals surface area contributed by atoms with E-state index in [0.717, 1.165) is 18.5 Å². The van der Waals surface area contributed by atoms with Crippen molar-refractivity contribution in [1.82, 2.24) is 15.2 Å². The summed E-state index contributed by atoms with van der Waals surface area (Å²) < 4.78 is 0. The van der Waals surface area contributed by atoms with Crippen LogP contribution in [0.4, 0.5) is 4.79 Å². The highest BCUT2D eigenvalue weighted by atomic mass is 32.1. The van der Waals surface area contributed by atoms with Crippen LogP contribution in [-0.4, -0.2) is 22.0 Å². The maximum Gasteiger partial charge on any atom is 0.318 e. The molecule has 23 heavy (non-hydrogen) atoms. The molecule has 3 rings (SSSR count). The monoisotopic (exact) mass is 329 g/mol. The Balaban J connectivity index is 1.66. The highest BCUT2D eigenvalue weighted by Crippen LogP contribution is 2.18. The minimum atomic E-state index is 0.0220. The predicted octanol–water partition coefficient (Wildman–Crippen LogP) is 4.19. The first-order chi connectivity index (χ1) is 11.3. The van der Waals surface area contributed by atoms with Gasteiger partial charge in [-0.2, -0.15) is 11.3 Å². The third kappa shape index (κ3) is 4.79. The van der Waals surface area contributed by atoms with Crippen molar-refractivity contribution in [2.45, 2.75) is 51.2 Å². The maximum absolute atomic E-state index is 12.7. The lowest BCUT2D eigenvalue weighted by molar-refractivity contribution is 0.184. The van der Waals surface area contributed by atoms with E-state index < -0.39 is 0 Å². The van der Waals surface area contributed by atoms with Crippen LogP contribution < -0.4 is 5.32 Å². The molecule has 1 aliphatic carbocycles. The van der Waals surface area contributed by atoms with Crippen molar-refractivity contribution in [2.24, 2.45) is 0 Å². The van der Waals surface area contributed by atoms with Gasteiger partial charge in [-0.15, -0.1) is 0 Å². The van der Waals surface area contributed by atoms with E-state index in [9.17, 15) is 4.79 Å². The van der Waals surface area contributed by atoms with E-state index in [2.05, 4.69) is 21.7 Å². The Labute approximate surface area is 141 Å². The van der Waals surface area contributed by atoms with Crippen molar-refractivity contribution in [3.8, 4) is 0 Å². The average molecular weight is 329 g/mol. The second-order valence-electron chi connectivity index (χ2n) is 6.09. The first-order valence-electron chi connectivity index (χ1n) is 8.28. The van der Waals surface area contributed by atoms with Gasteiger partial charge in [-0.05, 0) is 47.4 Å². The molecule has 1 N–H and O–H groups in total. The Bertz CT molecular complexity index is 594. The lowest BCUT2D eigenvalue weighted by Gasteiger charge is -2.28. The van der Waals surface area contributed by atoms with Crippen LogP contribution in [0.3, 0.4) is 0 Å². The topological polar surface area (TPSA) is 45.2 Å². The Hall–Kier alpha value is -1.88. The van der Waals surface area contributed by atoms with Crippen molar-refractivity contribution in [3.63, 3.8) is 0 Å². The first kappa shape index (κ1) is 16.0. The predicted molar refractivity (Wildman–Crippen MR) is 93.2 cm³/mol. The molecule has 0 bridgehead atoms. The van der Waals surface area contributed by atoms with Gasteiger partial charge < -0.3 is 10.2 Å². The molecule has 2 amide bonds. The van der Waals surface area contributed by atoms with Crippen LogP contribution >= 0.6 is 11.3 Å². The summed E-state index contributed by atoms with van der Waals surface area (Å²) in [7, 11) is 0. The molecule has 5 heteroatoms. The SMILES string of the molecule is O=C(NC1CCCCC1)N(Cc1ccsc1)Cc1ccccn1. The molecule has 2 heterocycles. The molecule has 1 aliphatic rings. The number of thiophene rings is 1. The van der Waals surface area contributed by atoms with Gasteiger partial charge in [0.05, 0.1) is 12.2 Å². The van der Waals surface area contributed by atoms with Gasteiger partial charge in [-0.3, -0.25) is 4.98 Å². The number of carbonyl (C=O) groups excluding carboxylic acids is 1. The molecule has 2 aromatic rings. The summed E-state index contributed by atoms with van der Waals surface area (Å²) in [4.78, 5) is 19.0. The second kappa shape index (κ2) is 8.11. The van der Waals surface area contributed by atoms with Crippen LogP contribution in [0, 0.1) is 0 Å². The number of nitrogens with one attached hydrogen (secondary N) is 1. The molecule has 0 atom stereocenters. The van der Waals surface area contributed by atoms with Crippen molar-refractivity contribution in [1.29, 1.82) is 0 Å². The normalized spacial score (nSPS) is 15.3. The zero-order valence-electron chi connectivity index (χ0n) is 13.3. The number of hydrogen-bond acceptors (Lipinski definition) is 3. The summed E-state index contributed by atoms with van der Waals surface area (Å²) in [6, 6.07) is 8.25. The van der Waals surface area contributed by atoms with Gasteiger partial charge in [-0.25, -0.2) is 4.79 Å². The number of nitrogens with zero attached hydrogens (tertiary/aromatic N) is 2. The average Bonchev–Trinajstić information content (AvgIpc) is 3.09. The minimum Gasteiger partial charge on any atom is -0.335 e. The highest BCUT2D eigenvalue weighted by Gasteiger charge is 2.20. The molecule has 0 spiro atoms. The smallest absolute Gasteiger partial charge is 0.318 e. The highest BCUT2D eigenvalue weighted by molar-refractivity contribution is 7.07. The van der Waals surface area contributed by atoms with Gasteiger partial charge in [0.15, 0.2) is 0 Å². The Morgan fingerprint density at radius 1 is 1.22 bits per heavy atom. The Kier molecular flexibility index (Phi) is 5.64. The molecule has 0 unspecified atom stereocenters. The summed E-state index contributed by atoms with van der Waals surface area (Å²) in [5, 5.41) is 7.36. The summed E-state index contributed by atoms with van der Waals surface area (Å²) in [6.45, 7) is 1.16. The molecule has 0 aromatic carbocycles. The molecular weight excluding hydrogens is 306 g/mol. The maximum atomic E-state index is 12.7. The summed E-state index contributed by atoms with van der Waals surface area (Å²) in [5.74, 6) is 0. The summed E-state index contributed by atoms with van der Waals surface area (Å²) in [5.41, 5.74) is 2.09. The van der Waals surface area contributed by atoms with E-state index in [1.54, 1.807) is 17.5 Å².